The van der Waals surface area contributed by atoms with E-state index >= 15 is 0 Å². The molecule has 0 saturated heterocycles. The molecule has 0 heterocycles. The van der Waals surface area contributed by atoms with E-state index in [2.05, 4.69) is 52.0 Å². The molecule has 2 nitrogen and oxygen atoms in total. The van der Waals surface area contributed by atoms with Crippen LogP contribution in [0.4, 0.5) is 0 Å². The standard InChI is InChI=1S/C16H29NO/c1-6-8-9-10-11-12-13-14-17(15(18)7-2)16(3,4)5/h8-9,12-13H,6-7,10-11,14H2,1-5H3/b9-8-,13-12-. The van der Waals surface area contributed by atoms with E-state index in [0.717, 1.165) is 19.3 Å². The highest BCUT2D eigenvalue weighted by molar-refractivity contribution is 5.76. The Morgan fingerprint density at radius 3 is 2.00 bits per heavy atom. The van der Waals surface area contributed by atoms with Crippen LogP contribution in [0.5, 0.6) is 0 Å². The fourth-order valence-corrected chi connectivity index (χ4v) is 1.72. The molecular weight excluding hydrogens is 222 g/mol. The van der Waals surface area contributed by atoms with Crippen LogP contribution in [0, 0.1) is 0 Å². The quantitative estimate of drug-likeness (QED) is 0.487. The highest BCUT2D eigenvalue weighted by atomic mass is 16.2. The first kappa shape index (κ1) is 16.9. The van der Waals surface area contributed by atoms with Gasteiger partial charge in [0, 0.05) is 18.5 Å². The molecule has 0 aromatic carbocycles. The van der Waals surface area contributed by atoms with Gasteiger partial charge in [0.1, 0.15) is 0 Å². The SMILES string of the molecule is CC/C=C\CC/C=C\CN(C(=O)CC)C(C)(C)C. The Bertz CT molecular complexity index is 284. The number of hydrogen-bond donors (Lipinski definition) is 0. The van der Waals surface area contributed by atoms with Crippen molar-refractivity contribution in [2.75, 3.05) is 6.54 Å². The molecule has 0 spiro atoms. The van der Waals surface area contributed by atoms with E-state index in [1.54, 1.807) is 0 Å². The Morgan fingerprint density at radius 1 is 1.00 bits per heavy atom. The molecular formula is C16H29NO. The van der Waals surface area contributed by atoms with Crippen molar-refractivity contribution in [1.82, 2.24) is 4.90 Å². The molecule has 0 saturated carbocycles. The van der Waals surface area contributed by atoms with Crippen molar-refractivity contribution in [3.63, 3.8) is 0 Å². The summed E-state index contributed by atoms with van der Waals surface area (Å²) in [5, 5.41) is 0. The largest absolute Gasteiger partial charge is 0.334 e. The van der Waals surface area contributed by atoms with Crippen molar-refractivity contribution in [3.05, 3.63) is 24.3 Å². The van der Waals surface area contributed by atoms with Crippen molar-refractivity contribution in [1.29, 1.82) is 0 Å². The highest BCUT2D eigenvalue weighted by Crippen LogP contribution is 2.14. The summed E-state index contributed by atoms with van der Waals surface area (Å²) in [6, 6.07) is 0. The predicted octanol–water partition coefficient (Wildman–Crippen LogP) is 4.33. The average molecular weight is 251 g/mol. The first-order valence-corrected chi connectivity index (χ1v) is 7.03. The van der Waals surface area contributed by atoms with Crippen molar-refractivity contribution < 1.29 is 4.79 Å². The lowest BCUT2D eigenvalue weighted by Gasteiger charge is -2.34. The minimum Gasteiger partial charge on any atom is -0.334 e. The second-order valence-corrected chi connectivity index (χ2v) is 5.46. The Kier molecular flexibility index (Phi) is 8.43. The number of allylic oxidation sites excluding steroid dienone is 3. The van der Waals surface area contributed by atoms with Gasteiger partial charge >= 0.3 is 0 Å². The van der Waals surface area contributed by atoms with Gasteiger partial charge in [-0.3, -0.25) is 4.79 Å². The normalized spacial score (nSPS) is 12.5. The van der Waals surface area contributed by atoms with Crippen LogP contribution in [-0.2, 0) is 4.79 Å². The third-order valence-corrected chi connectivity index (χ3v) is 2.77. The molecule has 104 valence electrons. The van der Waals surface area contributed by atoms with Crippen LogP contribution in [0.15, 0.2) is 24.3 Å². The monoisotopic (exact) mass is 251 g/mol. The number of carbonyl (C=O) groups excluding carboxylic acids is 1. The Labute approximate surface area is 113 Å². The Balaban J connectivity index is 4.16. The lowest BCUT2D eigenvalue weighted by atomic mass is 10.1. The molecule has 18 heavy (non-hydrogen) atoms. The van der Waals surface area contributed by atoms with E-state index in [1.165, 1.54) is 0 Å². The molecule has 0 aromatic rings. The fourth-order valence-electron chi connectivity index (χ4n) is 1.72. The molecule has 0 aliphatic carbocycles. The first-order valence-electron chi connectivity index (χ1n) is 7.03. The lowest BCUT2D eigenvalue weighted by Crippen LogP contribution is -2.45. The van der Waals surface area contributed by atoms with Gasteiger partial charge in [-0.1, -0.05) is 38.2 Å². The average Bonchev–Trinajstić information content (AvgIpc) is 2.30. The minimum atomic E-state index is -0.0977. The maximum absolute atomic E-state index is 11.8. The van der Waals surface area contributed by atoms with Crippen LogP contribution in [0.25, 0.3) is 0 Å². The zero-order valence-electron chi connectivity index (χ0n) is 12.7. The van der Waals surface area contributed by atoms with E-state index in [4.69, 9.17) is 0 Å². The fraction of sp³-hybridized carbons (Fsp3) is 0.688. The summed E-state index contributed by atoms with van der Waals surface area (Å²) in [5.74, 6) is 0.220. The molecule has 1 amide bonds. The second-order valence-electron chi connectivity index (χ2n) is 5.46. The summed E-state index contributed by atoms with van der Waals surface area (Å²) < 4.78 is 0. The molecule has 0 bridgehead atoms. The number of nitrogens with zero attached hydrogens (tertiary/aromatic N) is 1. The van der Waals surface area contributed by atoms with Gasteiger partial charge in [-0.25, -0.2) is 0 Å². The lowest BCUT2D eigenvalue weighted by molar-refractivity contribution is -0.134. The molecule has 0 radical (unpaired) electrons. The van der Waals surface area contributed by atoms with Crippen LogP contribution >= 0.6 is 0 Å². The molecule has 0 unspecified atom stereocenters. The molecule has 0 atom stereocenters. The van der Waals surface area contributed by atoms with E-state index in [0.29, 0.717) is 13.0 Å². The number of amides is 1. The summed E-state index contributed by atoms with van der Waals surface area (Å²) in [7, 11) is 0. The van der Waals surface area contributed by atoms with Crippen LogP contribution in [0.2, 0.25) is 0 Å². The van der Waals surface area contributed by atoms with E-state index in [9.17, 15) is 4.79 Å². The third kappa shape index (κ3) is 7.31. The van der Waals surface area contributed by atoms with E-state index in [1.807, 2.05) is 11.8 Å². The first-order chi connectivity index (χ1) is 8.43. The van der Waals surface area contributed by atoms with Crippen LogP contribution in [-0.4, -0.2) is 22.9 Å². The van der Waals surface area contributed by atoms with Gasteiger partial charge < -0.3 is 4.90 Å². The van der Waals surface area contributed by atoms with Gasteiger partial charge in [0.25, 0.3) is 0 Å². The molecule has 0 fully saturated rings. The zero-order valence-corrected chi connectivity index (χ0v) is 12.7. The van der Waals surface area contributed by atoms with Gasteiger partial charge in [-0.2, -0.15) is 0 Å². The van der Waals surface area contributed by atoms with E-state index < -0.39 is 0 Å². The summed E-state index contributed by atoms with van der Waals surface area (Å²) in [5.41, 5.74) is -0.0977. The van der Waals surface area contributed by atoms with Crippen LogP contribution < -0.4 is 0 Å². The molecule has 0 aliphatic heterocycles. The topological polar surface area (TPSA) is 20.3 Å². The highest BCUT2D eigenvalue weighted by Gasteiger charge is 2.23. The molecule has 0 aliphatic rings. The van der Waals surface area contributed by atoms with Gasteiger partial charge in [-0.15, -0.1) is 0 Å². The maximum atomic E-state index is 11.8. The number of rotatable bonds is 7. The van der Waals surface area contributed by atoms with Crippen LogP contribution in [0.3, 0.4) is 0 Å². The van der Waals surface area contributed by atoms with Crippen molar-refractivity contribution in [3.8, 4) is 0 Å². The number of carbonyl (C=O) groups is 1. The molecule has 0 N–H and O–H groups in total. The number of unbranched alkanes of at least 4 members (excludes halogenated alkanes) is 1. The Hall–Kier alpha value is -1.05. The molecule has 0 rings (SSSR count). The smallest absolute Gasteiger partial charge is 0.223 e. The maximum Gasteiger partial charge on any atom is 0.223 e. The molecule has 2 heteroatoms. The Morgan fingerprint density at radius 2 is 1.56 bits per heavy atom. The summed E-state index contributed by atoms with van der Waals surface area (Å²) in [4.78, 5) is 13.8. The van der Waals surface area contributed by atoms with Gasteiger partial charge in [0.05, 0.1) is 0 Å². The minimum absolute atomic E-state index is 0.0977. The summed E-state index contributed by atoms with van der Waals surface area (Å²) in [6.45, 7) is 11.0. The van der Waals surface area contributed by atoms with Crippen LogP contribution in [0.1, 0.15) is 60.3 Å². The predicted molar refractivity (Wildman–Crippen MR) is 79.6 cm³/mol. The van der Waals surface area contributed by atoms with E-state index in [-0.39, 0.29) is 11.4 Å². The third-order valence-electron chi connectivity index (χ3n) is 2.77. The van der Waals surface area contributed by atoms with Gasteiger partial charge in [0.15, 0.2) is 0 Å². The summed E-state index contributed by atoms with van der Waals surface area (Å²) in [6.07, 6.45) is 12.5. The summed E-state index contributed by atoms with van der Waals surface area (Å²) >= 11 is 0. The van der Waals surface area contributed by atoms with Gasteiger partial charge in [-0.05, 0) is 40.0 Å². The van der Waals surface area contributed by atoms with Crippen molar-refractivity contribution >= 4 is 5.91 Å². The number of hydrogen-bond acceptors (Lipinski definition) is 1. The van der Waals surface area contributed by atoms with Gasteiger partial charge in [0.2, 0.25) is 5.91 Å². The molecule has 0 aromatic heterocycles. The van der Waals surface area contributed by atoms with Crippen molar-refractivity contribution in [2.45, 2.75) is 65.8 Å². The second kappa shape index (κ2) is 8.96. The zero-order chi connectivity index (χ0) is 14.0. The van der Waals surface area contributed by atoms with Crippen molar-refractivity contribution in [2.24, 2.45) is 0 Å².